The van der Waals surface area contributed by atoms with E-state index in [4.69, 9.17) is 4.74 Å². The van der Waals surface area contributed by atoms with E-state index >= 15 is 0 Å². The molecule has 0 radical (unpaired) electrons. The van der Waals surface area contributed by atoms with Crippen molar-refractivity contribution in [3.8, 4) is 0 Å². The third-order valence-electron chi connectivity index (χ3n) is 3.07. The van der Waals surface area contributed by atoms with Crippen LogP contribution in [0, 0.1) is 0 Å². The van der Waals surface area contributed by atoms with Crippen molar-refractivity contribution >= 4 is 0 Å². The third kappa shape index (κ3) is 2.90. The van der Waals surface area contributed by atoms with Crippen molar-refractivity contribution in [3.05, 3.63) is 24.0 Å². The van der Waals surface area contributed by atoms with Crippen molar-refractivity contribution in [1.82, 2.24) is 0 Å². The number of ether oxygens (including phenoxy) is 1. The Labute approximate surface area is 86.8 Å². The zero-order valence-electron chi connectivity index (χ0n) is 8.87. The largest absolute Gasteiger partial charge is 0.491 e. The van der Waals surface area contributed by atoms with E-state index in [0.29, 0.717) is 6.10 Å². The van der Waals surface area contributed by atoms with Crippen molar-refractivity contribution in [3.63, 3.8) is 0 Å². The molecule has 0 spiro atoms. The maximum atomic E-state index is 5.99. The SMILES string of the molecule is C1=CC(OC2CCCCCC2)=CCC1. The maximum Gasteiger partial charge on any atom is 0.115 e. The molecule has 0 atom stereocenters. The summed E-state index contributed by atoms with van der Waals surface area (Å²) in [6.45, 7) is 0. The summed E-state index contributed by atoms with van der Waals surface area (Å²) in [4.78, 5) is 0. The van der Waals surface area contributed by atoms with Gasteiger partial charge in [0, 0.05) is 0 Å². The molecule has 0 aromatic heterocycles. The molecular formula is C13H20O. The van der Waals surface area contributed by atoms with Gasteiger partial charge < -0.3 is 4.74 Å². The fraction of sp³-hybridized carbons (Fsp3) is 0.692. The maximum absolute atomic E-state index is 5.99. The first-order chi connectivity index (χ1) is 6.95. The third-order valence-corrected chi connectivity index (χ3v) is 3.07. The molecule has 0 bridgehead atoms. The van der Waals surface area contributed by atoms with Gasteiger partial charge in [-0.3, -0.25) is 0 Å². The van der Waals surface area contributed by atoms with Crippen LogP contribution in [0.1, 0.15) is 51.4 Å². The van der Waals surface area contributed by atoms with Gasteiger partial charge in [-0.2, -0.15) is 0 Å². The Kier molecular flexibility index (Phi) is 3.67. The number of allylic oxidation sites excluding steroid dienone is 3. The molecule has 2 aliphatic carbocycles. The summed E-state index contributed by atoms with van der Waals surface area (Å²) in [6, 6.07) is 0. The van der Waals surface area contributed by atoms with E-state index in [2.05, 4.69) is 18.2 Å². The molecule has 0 aromatic carbocycles. The lowest BCUT2D eigenvalue weighted by Gasteiger charge is -2.18. The fourth-order valence-electron chi connectivity index (χ4n) is 2.23. The van der Waals surface area contributed by atoms with Gasteiger partial charge in [0.1, 0.15) is 5.76 Å². The summed E-state index contributed by atoms with van der Waals surface area (Å²) in [6.07, 6.45) is 17.4. The lowest BCUT2D eigenvalue weighted by atomic mass is 10.1. The number of hydrogen-bond donors (Lipinski definition) is 0. The summed E-state index contributed by atoms with van der Waals surface area (Å²) < 4.78 is 5.99. The van der Waals surface area contributed by atoms with Crippen LogP contribution in [0.5, 0.6) is 0 Å². The van der Waals surface area contributed by atoms with Crippen molar-refractivity contribution in [2.75, 3.05) is 0 Å². The monoisotopic (exact) mass is 192 g/mol. The van der Waals surface area contributed by atoms with Gasteiger partial charge in [-0.1, -0.05) is 18.9 Å². The molecule has 0 aromatic rings. The Morgan fingerprint density at radius 1 is 1.00 bits per heavy atom. The summed E-state index contributed by atoms with van der Waals surface area (Å²) in [7, 11) is 0. The molecule has 2 rings (SSSR count). The highest BCUT2D eigenvalue weighted by atomic mass is 16.5. The van der Waals surface area contributed by atoms with E-state index in [-0.39, 0.29) is 0 Å². The minimum Gasteiger partial charge on any atom is -0.491 e. The molecule has 0 aliphatic heterocycles. The van der Waals surface area contributed by atoms with Crippen molar-refractivity contribution in [2.45, 2.75) is 57.5 Å². The van der Waals surface area contributed by atoms with Gasteiger partial charge in [0.25, 0.3) is 0 Å². The summed E-state index contributed by atoms with van der Waals surface area (Å²) >= 11 is 0. The topological polar surface area (TPSA) is 9.23 Å². The Bertz CT molecular complexity index is 219. The van der Waals surface area contributed by atoms with Crippen LogP contribution in [0.4, 0.5) is 0 Å². The van der Waals surface area contributed by atoms with E-state index in [1.54, 1.807) is 0 Å². The van der Waals surface area contributed by atoms with Gasteiger partial charge in [0.05, 0.1) is 6.10 Å². The molecule has 0 heterocycles. The zero-order chi connectivity index (χ0) is 9.64. The van der Waals surface area contributed by atoms with Crippen LogP contribution in [0.15, 0.2) is 24.0 Å². The average Bonchev–Trinajstić information content (AvgIpc) is 2.48. The van der Waals surface area contributed by atoms with E-state index < -0.39 is 0 Å². The van der Waals surface area contributed by atoms with E-state index in [1.807, 2.05) is 0 Å². The van der Waals surface area contributed by atoms with Gasteiger partial charge in [-0.05, 0) is 50.7 Å². The molecule has 0 saturated heterocycles. The molecule has 14 heavy (non-hydrogen) atoms. The minimum atomic E-state index is 0.492. The highest BCUT2D eigenvalue weighted by molar-refractivity contribution is 5.16. The predicted molar refractivity (Wildman–Crippen MR) is 59.0 cm³/mol. The molecular weight excluding hydrogens is 172 g/mol. The van der Waals surface area contributed by atoms with Gasteiger partial charge >= 0.3 is 0 Å². The normalized spacial score (nSPS) is 24.1. The Morgan fingerprint density at radius 2 is 1.79 bits per heavy atom. The summed E-state index contributed by atoms with van der Waals surface area (Å²) in [5.41, 5.74) is 0. The summed E-state index contributed by atoms with van der Waals surface area (Å²) in [5, 5.41) is 0. The van der Waals surface area contributed by atoms with Crippen LogP contribution in [0.3, 0.4) is 0 Å². The second-order valence-electron chi connectivity index (χ2n) is 4.32. The van der Waals surface area contributed by atoms with Crippen LogP contribution in [-0.2, 0) is 4.74 Å². The lowest BCUT2D eigenvalue weighted by Crippen LogP contribution is -2.11. The van der Waals surface area contributed by atoms with Crippen LogP contribution in [-0.4, -0.2) is 6.10 Å². The fourth-order valence-corrected chi connectivity index (χ4v) is 2.23. The van der Waals surface area contributed by atoms with Crippen LogP contribution < -0.4 is 0 Å². The van der Waals surface area contributed by atoms with Crippen molar-refractivity contribution in [2.24, 2.45) is 0 Å². The second kappa shape index (κ2) is 5.23. The zero-order valence-corrected chi connectivity index (χ0v) is 8.87. The molecule has 2 aliphatic rings. The van der Waals surface area contributed by atoms with Gasteiger partial charge in [-0.25, -0.2) is 0 Å². The standard InChI is InChI=1S/C13H20O/c1-2-5-9-12(8-4-1)14-13-10-6-3-7-11-13/h6,10-12H,1-5,7-9H2. The molecule has 1 saturated carbocycles. The molecule has 0 N–H and O–H groups in total. The first-order valence-electron chi connectivity index (χ1n) is 5.98. The first-order valence-corrected chi connectivity index (χ1v) is 5.98. The average molecular weight is 192 g/mol. The van der Waals surface area contributed by atoms with Crippen LogP contribution >= 0.6 is 0 Å². The van der Waals surface area contributed by atoms with E-state index in [0.717, 1.165) is 12.2 Å². The highest BCUT2D eigenvalue weighted by Crippen LogP contribution is 2.23. The molecule has 0 amide bonds. The quantitative estimate of drug-likeness (QED) is 0.602. The summed E-state index contributed by atoms with van der Waals surface area (Å²) in [5.74, 6) is 1.11. The molecule has 0 unspecified atom stereocenters. The van der Waals surface area contributed by atoms with Crippen LogP contribution in [0.25, 0.3) is 0 Å². The van der Waals surface area contributed by atoms with Gasteiger partial charge in [0.2, 0.25) is 0 Å². The predicted octanol–water partition coefficient (Wildman–Crippen LogP) is 3.96. The molecule has 1 heteroatoms. The lowest BCUT2D eigenvalue weighted by molar-refractivity contribution is 0.110. The molecule has 1 fully saturated rings. The van der Waals surface area contributed by atoms with Crippen LogP contribution in [0.2, 0.25) is 0 Å². The molecule has 1 nitrogen and oxygen atoms in total. The smallest absolute Gasteiger partial charge is 0.115 e. The van der Waals surface area contributed by atoms with E-state index in [1.165, 1.54) is 44.9 Å². The Hall–Kier alpha value is -0.720. The van der Waals surface area contributed by atoms with Gasteiger partial charge in [0.15, 0.2) is 0 Å². The minimum absolute atomic E-state index is 0.492. The number of hydrogen-bond acceptors (Lipinski definition) is 1. The Morgan fingerprint density at radius 3 is 2.43 bits per heavy atom. The van der Waals surface area contributed by atoms with E-state index in [9.17, 15) is 0 Å². The first kappa shape index (κ1) is 9.82. The Balaban J connectivity index is 1.83. The second-order valence-corrected chi connectivity index (χ2v) is 4.32. The highest BCUT2D eigenvalue weighted by Gasteiger charge is 2.14. The molecule has 78 valence electrons. The van der Waals surface area contributed by atoms with Gasteiger partial charge in [-0.15, -0.1) is 0 Å². The van der Waals surface area contributed by atoms with Crippen molar-refractivity contribution < 1.29 is 4.74 Å². The van der Waals surface area contributed by atoms with Crippen molar-refractivity contribution in [1.29, 1.82) is 0 Å². The number of rotatable bonds is 2.